The van der Waals surface area contributed by atoms with Crippen LogP contribution in [-0.2, 0) is 17.6 Å². The van der Waals surface area contributed by atoms with Crippen LogP contribution in [0.4, 0.5) is 0 Å². The van der Waals surface area contributed by atoms with E-state index in [0.717, 1.165) is 40.8 Å². The Morgan fingerprint density at radius 1 is 1.50 bits per heavy atom. The van der Waals surface area contributed by atoms with Crippen molar-refractivity contribution in [1.82, 2.24) is 15.3 Å². The second kappa shape index (κ2) is 7.88. The Labute approximate surface area is 158 Å². The number of nitrogens with one attached hydrogen (secondary N) is 3. The first-order chi connectivity index (χ1) is 12.4. The smallest absolute Gasteiger partial charge is 0.275 e. The summed E-state index contributed by atoms with van der Waals surface area (Å²) in [5.74, 6) is 1.36. The molecule has 26 heavy (non-hydrogen) atoms. The Kier molecular flexibility index (Phi) is 5.77. The summed E-state index contributed by atoms with van der Waals surface area (Å²) in [6.07, 6.45) is 4.08. The molecule has 1 aliphatic carbocycles. The van der Waals surface area contributed by atoms with Gasteiger partial charge in [-0.2, -0.15) is 0 Å². The van der Waals surface area contributed by atoms with Crippen LogP contribution >= 0.6 is 11.3 Å². The molecule has 0 bridgehead atoms. The molecule has 1 unspecified atom stereocenters. The highest BCUT2D eigenvalue weighted by atomic mass is 32.1. The zero-order valence-electron chi connectivity index (χ0n) is 16.1. The minimum atomic E-state index is -0.0578. The monoisotopic (exact) mass is 377 g/mol. The van der Waals surface area contributed by atoms with E-state index in [1.807, 2.05) is 20.9 Å². The molecule has 142 valence electrons. The van der Waals surface area contributed by atoms with Gasteiger partial charge in [0.25, 0.3) is 11.5 Å². The van der Waals surface area contributed by atoms with Gasteiger partial charge in [0.1, 0.15) is 10.9 Å². The number of nitrogens with zero attached hydrogens (tertiary/aromatic N) is 1. The van der Waals surface area contributed by atoms with Gasteiger partial charge in [-0.15, -0.1) is 11.3 Å². The fourth-order valence-electron chi connectivity index (χ4n) is 3.54. The van der Waals surface area contributed by atoms with Crippen LogP contribution in [0.5, 0.6) is 0 Å². The summed E-state index contributed by atoms with van der Waals surface area (Å²) in [5.41, 5.74) is 1.17. The van der Waals surface area contributed by atoms with Gasteiger partial charge >= 0.3 is 0 Å². The molecule has 1 amide bonds. The van der Waals surface area contributed by atoms with Gasteiger partial charge in [-0.25, -0.2) is 4.98 Å². The molecule has 7 heteroatoms. The van der Waals surface area contributed by atoms with E-state index in [9.17, 15) is 9.59 Å². The molecule has 2 aromatic rings. The van der Waals surface area contributed by atoms with Gasteiger partial charge in [0.2, 0.25) is 0 Å². The quantitative estimate of drug-likeness (QED) is 0.708. The van der Waals surface area contributed by atoms with E-state index in [-0.39, 0.29) is 17.5 Å². The van der Waals surface area contributed by atoms with Crippen LogP contribution in [-0.4, -0.2) is 36.0 Å². The van der Waals surface area contributed by atoms with E-state index in [1.54, 1.807) is 11.3 Å². The van der Waals surface area contributed by atoms with E-state index in [4.69, 9.17) is 4.98 Å². The van der Waals surface area contributed by atoms with Crippen LogP contribution in [0.15, 0.2) is 4.79 Å². The number of aromatic nitrogens is 2. The second-order valence-corrected chi connectivity index (χ2v) is 8.66. The average molecular weight is 378 g/mol. The zero-order valence-corrected chi connectivity index (χ0v) is 16.9. The summed E-state index contributed by atoms with van der Waals surface area (Å²) in [4.78, 5) is 35.6. The number of quaternary nitrogens is 1. The van der Waals surface area contributed by atoms with Crippen LogP contribution in [0, 0.1) is 5.92 Å². The molecule has 6 nitrogen and oxygen atoms in total. The normalized spacial score (nSPS) is 19.2. The molecule has 2 heterocycles. The Morgan fingerprint density at radius 2 is 2.27 bits per heavy atom. The predicted molar refractivity (Wildman–Crippen MR) is 105 cm³/mol. The topological polar surface area (TPSA) is 79.3 Å². The van der Waals surface area contributed by atoms with Crippen LogP contribution < -0.4 is 15.8 Å². The van der Waals surface area contributed by atoms with E-state index >= 15 is 0 Å². The fourth-order valence-corrected chi connectivity index (χ4v) is 4.93. The van der Waals surface area contributed by atoms with Gasteiger partial charge in [0, 0.05) is 11.4 Å². The molecular formula is C19H29N4O2S+. The predicted octanol–water partition coefficient (Wildman–Crippen LogP) is 1.21. The highest BCUT2D eigenvalue weighted by Gasteiger charge is 2.26. The van der Waals surface area contributed by atoms with Gasteiger partial charge in [0.15, 0.2) is 12.4 Å². The lowest BCUT2D eigenvalue weighted by molar-refractivity contribution is -0.903. The van der Waals surface area contributed by atoms with E-state index in [2.05, 4.69) is 17.2 Å². The largest absolute Gasteiger partial charge is 0.351 e. The maximum atomic E-state index is 12.7. The van der Waals surface area contributed by atoms with Crippen molar-refractivity contribution in [3.8, 4) is 0 Å². The Bertz CT molecular complexity index is 857. The number of carbonyl (C=O) groups excluding carboxylic acids is 1. The van der Waals surface area contributed by atoms with Gasteiger partial charge in [-0.05, 0) is 44.1 Å². The summed E-state index contributed by atoms with van der Waals surface area (Å²) in [6, 6.07) is -0.0578. The van der Waals surface area contributed by atoms with Crippen LogP contribution in [0.1, 0.15) is 55.9 Å². The molecule has 3 rings (SSSR count). The maximum Gasteiger partial charge on any atom is 0.275 e. The molecule has 0 fully saturated rings. The molecule has 3 atom stereocenters. The lowest BCUT2D eigenvalue weighted by Crippen LogP contribution is -3.10. The highest BCUT2D eigenvalue weighted by molar-refractivity contribution is 7.18. The molecule has 0 radical (unpaired) electrons. The van der Waals surface area contributed by atoms with Crippen molar-refractivity contribution in [1.29, 1.82) is 0 Å². The van der Waals surface area contributed by atoms with Crippen molar-refractivity contribution in [2.24, 2.45) is 5.92 Å². The van der Waals surface area contributed by atoms with Gasteiger partial charge in [-0.1, -0.05) is 13.8 Å². The van der Waals surface area contributed by atoms with Crippen LogP contribution in [0.2, 0.25) is 0 Å². The summed E-state index contributed by atoms with van der Waals surface area (Å²) < 4.78 is 0. The Hall–Kier alpha value is -1.73. The number of carbonyl (C=O) groups is 1. The van der Waals surface area contributed by atoms with E-state index in [1.165, 1.54) is 10.4 Å². The summed E-state index contributed by atoms with van der Waals surface area (Å²) in [5, 5.41) is 3.68. The number of hydrogen-bond acceptors (Lipinski definition) is 4. The molecular weight excluding hydrogens is 348 g/mol. The van der Waals surface area contributed by atoms with Gasteiger partial charge in [0.05, 0.1) is 12.4 Å². The number of aryl methyl sites for hydroxylation is 1. The number of likely N-dealkylation sites (N-methyl/N-ethyl adjacent to an activating group) is 1. The molecule has 0 spiro atoms. The number of thiophene rings is 1. The first-order valence-corrected chi connectivity index (χ1v) is 10.4. The van der Waals surface area contributed by atoms with Crippen LogP contribution in [0.3, 0.4) is 0 Å². The van der Waals surface area contributed by atoms with Crippen molar-refractivity contribution in [2.75, 3.05) is 20.1 Å². The molecule has 0 aliphatic heterocycles. The summed E-state index contributed by atoms with van der Waals surface area (Å²) in [6.45, 7) is 7.36. The number of rotatable bonds is 6. The van der Waals surface area contributed by atoms with Crippen molar-refractivity contribution in [2.45, 2.75) is 52.5 Å². The molecule has 0 saturated carbocycles. The summed E-state index contributed by atoms with van der Waals surface area (Å²) in [7, 11) is 1.96. The molecule has 0 aromatic carbocycles. The average Bonchev–Trinajstić information content (AvgIpc) is 2.96. The third-order valence-corrected chi connectivity index (χ3v) is 6.49. The molecule has 0 saturated heterocycles. The van der Waals surface area contributed by atoms with Crippen molar-refractivity contribution in [3.63, 3.8) is 0 Å². The SMILES string of the molecule is CCCNC(=O)C[NH+](C)[C@@H](C)c1nc2sc3c(c2c(=O)[nH]1)CC[C@@H](C)C3. The molecule has 3 N–H and O–H groups in total. The van der Waals surface area contributed by atoms with Crippen molar-refractivity contribution >= 4 is 27.5 Å². The minimum Gasteiger partial charge on any atom is -0.351 e. The van der Waals surface area contributed by atoms with Crippen LogP contribution in [0.25, 0.3) is 10.2 Å². The molecule has 1 aliphatic rings. The first-order valence-electron chi connectivity index (χ1n) is 9.54. The standard InChI is InChI=1S/C19H28N4O2S/c1-5-8-20-15(24)10-23(4)12(3)17-21-18(25)16-13-7-6-11(2)9-14(13)26-19(16)22-17/h11-12H,5-10H2,1-4H3,(H,20,24)(H,21,22,25)/p+1/t11-,12+/m1/s1. The Morgan fingerprint density at radius 3 is 3.00 bits per heavy atom. The van der Waals surface area contributed by atoms with E-state index < -0.39 is 0 Å². The first kappa shape index (κ1) is 19.0. The number of fused-ring (bicyclic) bond motifs is 3. The number of hydrogen-bond donors (Lipinski definition) is 3. The fraction of sp³-hybridized carbons (Fsp3) is 0.632. The van der Waals surface area contributed by atoms with Gasteiger partial charge in [-0.3, -0.25) is 9.59 Å². The molecule has 2 aromatic heterocycles. The third kappa shape index (κ3) is 3.83. The second-order valence-electron chi connectivity index (χ2n) is 7.58. The zero-order chi connectivity index (χ0) is 18.8. The number of amides is 1. The van der Waals surface area contributed by atoms with Crippen molar-refractivity contribution < 1.29 is 9.69 Å². The Balaban J connectivity index is 1.84. The lowest BCUT2D eigenvalue weighted by Gasteiger charge is -2.20. The minimum absolute atomic E-state index is 0.0280. The lowest BCUT2D eigenvalue weighted by atomic mass is 9.89. The van der Waals surface area contributed by atoms with Gasteiger partial charge < -0.3 is 15.2 Å². The highest BCUT2D eigenvalue weighted by Crippen LogP contribution is 2.35. The third-order valence-electron chi connectivity index (χ3n) is 5.34. The summed E-state index contributed by atoms with van der Waals surface area (Å²) >= 11 is 1.67. The van der Waals surface area contributed by atoms with Crippen molar-refractivity contribution in [3.05, 3.63) is 26.6 Å². The van der Waals surface area contributed by atoms with E-state index in [0.29, 0.717) is 24.8 Å². The number of H-pyrrole nitrogens is 1. The number of aromatic amines is 1. The maximum absolute atomic E-state index is 12.7.